The van der Waals surface area contributed by atoms with Crippen LogP contribution in [-0.2, 0) is 11.8 Å². The van der Waals surface area contributed by atoms with Crippen LogP contribution in [0.15, 0.2) is 12.3 Å². The average molecular weight is 237 g/mol. The van der Waals surface area contributed by atoms with Gasteiger partial charge in [-0.3, -0.25) is 15.0 Å². The summed E-state index contributed by atoms with van der Waals surface area (Å²) in [5.41, 5.74) is 5.61. The molecule has 7 heteroatoms. The van der Waals surface area contributed by atoms with Crippen LogP contribution in [0, 0.1) is 5.41 Å². The van der Waals surface area contributed by atoms with E-state index >= 15 is 0 Å². The molecule has 0 bridgehead atoms. The lowest BCUT2D eigenvalue weighted by molar-refractivity contribution is -0.105. The molecule has 0 aliphatic carbocycles. The van der Waals surface area contributed by atoms with Crippen molar-refractivity contribution in [2.24, 2.45) is 12.8 Å². The van der Waals surface area contributed by atoms with Gasteiger partial charge in [0.2, 0.25) is 6.41 Å². The molecule has 0 atom stereocenters. The van der Waals surface area contributed by atoms with Crippen molar-refractivity contribution >= 4 is 24.0 Å². The smallest absolute Gasteiger partial charge is 0.252 e. The molecule has 92 valence electrons. The highest BCUT2D eigenvalue weighted by Crippen LogP contribution is 2.11. The van der Waals surface area contributed by atoms with Crippen LogP contribution in [0.5, 0.6) is 0 Å². The van der Waals surface area contributed by atoms with Crippen LogP contribution in [0.2, 0.25) is 0 Å². The van der Waals surface area contributed by atoms with Crippen LogP contribution in [0.25, 0.3) is 0 Å². The molecule has 1 heterocycles. The van der Waals surface area contributed by atoms with Gasteiger partial charge >= 0.3 is 0 Å². The molecule has 2 amide bonds. The third kappa shape index (κ3) is 3.63. The number of nitrogens with zero attached hydrogens (tertiary/aromatic N) is 1. The molecule has 0 fully saturated rings. The molecule has 0 unspecified atom stereocenters. The Hall–Kier alpha value is -2.31. The van der Waals surface area contributed by atoms with E-state index in [-0.39, 0.29) is 11.7 Å². The molecule has 1 aromatic rings. The van der Waals surface area contributed by atoms with Gasteiger partial charge in [-0.05, 0) is 6.07 Å². The largest absolute Gasteiger partial charge is 0.388 e. The fraction of sp³-hybridized carbons (Fsp3) is 0.300. The molecule has 1 rings (SSSR count). The number of rotatable bonds is 6. The molecule has 7 nitrogen and oxygen atoms in total. The van der Waals surface area contributed by atoms with E-state index in [0.717, 1.165) is 0 Å². The molecule has 0 saturated heterocycles. The van der Waals surface area contributed by atoms with E-state index < -0.39 is 0 Å². The van der Waals surface area contributed by atoms with E-state index in [1.165, 1.54) is 0 Å². The minimum absolute atomic E-state index is 0.0293. The third-order valence-electron chi connectivity index (χ3n) is 2.15. The van der Waals surface area contributed by atoms with E-state index in [1.807, 2.05) is 0 Å². The van der Waals surface area contributed by atoms with Crippen molar-refractivity contribution in [1.82, 2.24) is 9.88 Å². The lowest BCUT2D eigenvalue weighted by Gasteiger charge is -2.01. The molecule has 0 aliphatic rings. The molecule has 0 spiro atoms. The van der Waals surface area contributed by atoms with Crippen LogP contribution in [0.4, 0.5) is 5.82 Å². The van der Waals surface area contributed by atoms with Crippen molar-refractivity contribution in [3.63, 3.8) is 0 Å². The minimum atomic E-state index is -0.263. The predicted octanol–water partition coefficient (Wildman–Crippen LogP) is -0.351. The van der Waals surface area contributed by atoms with E-state index in [0.29, 0.717) is 30.8 Å². The first-order valence-corrected chi connectivity index (χ1v) is 5.02. The maximum Gasteiger partial charge on any atom is 0.252 e. The quantitative estimate of drug-likeness (QED) is 0.308. The summed E-state index contributed by atoms with van der Waals surface area (Å²) in [5, 5.41) is 12.1. The zero-order valence-electron chi connectivity index (χ0n) is 9.49. The average Bonchev–Trinajstić information content (AvgIpc) is 2.60. The highest BCUT2D eigenvalue weighted by Gasteiger charge is 2.09. The van der Waals surface area contributed by atoms with Crippen molar-refractivity contribution in [3.05, 3.63) is 17.8 Å². The zero-order valence-corrected chi connectivity index (χ0v) is 9.49. The Labute approximate surface area is 98.5 Å². The normalized spacial score (nSPS) is 9.71. The van der Waals surface area contributed by atoms with Gasteiger partial charge in [0, 0.05) is 26.2 Å². The molecule has 5 N–H and O–H groups in total. The first-order valence-electron chi connectivity index (χ1n) is 5.02. The number of amidine groups is 1. The molecule has 0 radical (unpaired) electrons. The second-order valence-corrected chi connectivity index (χ2v) is 3.52. The van der Waals surface area contributed by atoms with Crippen LogP contribution in [-0.4, -0.2) is 29.3 Å². The summed E-state index contributed by atoms with van der Waals surface area (Å²) in [5.74, 6) is 0.305. The Morgan fingerprint density at radius 2 is 2.35 bits per heavy atom. The van der Waals surface area contributed by atoms with Gasteiger partial charge in [0.1, 0.15) is 5.82 Å². The van der Waals surface area contributed by atoms with E-state index in [2.05, 4.69) is 10.6 Å². The number of aromatic nitrogens is 1. The highest BCUT2D eigenvalue weighted by molar-refractivity contribution is 5.95. The Balaban J connectivity index is 2.59. The standard InChI is InChI=1S/C10H15N5O2/c1-15-5-7(4-9(15)14-6-16)10(17)13-3-2-8(11)12/h4-6H,2-3H2,1H3,(H3,11,12)(H,13,17)(H,14,16). The Morgan fingerprint density at radius 1 is 1.65 bits per heavy atom. The minimum Gasteiger partial charge on any atom is -0.388 e. The van der Waals surface area contributed by atoms with Crippen molar-refractivity contribution in [2.45, 2.75) is 6.42 Å². The van der Waals surface area contributed by atoms with Gasteiger partial charge in [-0.15, -0.1) is 0 Å². The number of anilines is 1. The van der Waals surface area contributed by atoms with Gasteiger partial charge in [0.15, 0.2) is 0 Å². The monoisotopic (exact) mass is 237 g/mol. The number of carbonyl (C=O) groups excluding carboxylic acids is 2. The van der Waals surface area contributed by atoms with E-state index in [1.54, 1.807) is 23.9 Å². The number of nitrogens with two attached hydrogens (primary N) is 1. The lowest BCUT2D eigenvalue weighted by atomic mass is 10.3. The zero-order chi connectivity index (χ0) is 12.8. The van der Waals surface area contributed by atoms with Crippen LogP contribution in [0.1, 0.15) is 16.8 Å². The number of aryl methyl sites for hydroxylation is 1. The molecular formula is C10H15N5O2. The molecule has 0 aliphatic heterocycles. The fourth-order valence-corrected chi connectivity index (χ4v) is 1.31. The molecule has 1 aromatic heterocycles. The van der Waals surface area contributed by atoms with Crippen LogP contribution < -0.4 is 16.4 Å². The van der Waals surface area contributed by atoms with Crippen LogP contribution >= 0.6 is 0 Å². The first-order chi connectivity index (χ1) is 8.04. The fourth-order valence-electron chi connectivity index (χ4n) is 1.31. The molecule has 0 saturated carbocycles. The van der Waals surface area contributed by atoms with Gasteiger partial charge in [0.05, 0.1) is 11.4 Å². The summed E-state index contributed by atoms with van der Waals surface area (Å²) in [7, 11) is 1.72. The van der Waals surface area contributed by atoms with Crippen molar-refractivity contribution in [1.29, 1.82) is 5.41 Å². The topological polar surface area (TPSA) is 113 Å². The number of hydrogen-bond donors (Lipinski definition) is 4. The van der Waals surface area contributed by atoms with Gasteiger partial charge in [0.25, 0.3) is 5.91 Å². The van der Waals surface area contributed by atoms with Crippen LogP contribution in [0.3, 0.4) is 0 Å². The van der Waals surface area contributed by atoms with Crippen molar-refractivity contribution in [2.75, 3.05) is 11.9 Å². The Bertz CT molecular complexity index is 438. The third-order valence-corrected chi connectivity index (χ3v) is 2.15. The maximum absolute atomic E-state index is 11.6. The summed E-state index contributed by atoms with van der Waals surface area (Å²) in [4.78, 5) is 21.9. The number of carbonyl (C=O) groups is 2. The number of amides is 2. The van der Waals surface area contributed by atoms with Gasteiger partial charge < -0.3 is 20.9 Å². The van der Waals surface area contributed by atoms with E-state index in [4.69, 9.17) is 11.1 Å². The predicted molar refractivity (Wildman–Crippen MR) is 64.0 cm³/mol. The molecule has 17 heavy (non-hydrogen) atoms. The highest BCUT2D eigenvalue weighted by atomic mass is 16.1. The maximum atomic E-state index is 11.6. The van der Waals surface area contributed by atoms with Gasteiger partial charge in [-0.2, -0.15) is 0 Å². The Morgan fingerprint density at radius 3 is 2.94 bits per heavy atom. The summed E-state index contributed by atoms with van der Waals surface area (Å²) in [6.07, 6.45) is 2.47. The molecule has 0 aromatic carbocycles. The Kier molecular flexibility index (Phi) is 4.27. The second kappa shape index (κ2) is 5.69. The summed E-state index contributed by atoms with van der Waals surface area (Å²) in [6.45, 7) is 0.319. The van der Waals surface area contributed by atoms with Crippen molar-refractivity contribution in [3.8, 4) is 0 Å². The first kappa shape index (κ1) is 12.8. The summed E-state index contributed by atoms with van der Waals surface area (Å²) < 4.78 is 1.63. The number of nitrogens with one attached hydrogen (secondary N) is 3. The van der Waals surface area contributed by atoms with Crippen molar-refractivity contribution < 1.29 is 9.59 Å². The lowest BCUT2D eigenvalue weighted by Crippen LogP contribution is -2.27. The number of hydrogen-bond acceptors (Lipinski definition) is 3. The van der Waals surface area contributed by atoms with E-state index in [9.17, 15) is 9.59 Å². The summed E-state index contributed by atoms with van der Waals surface area (Å²) >= 11 is 0. The SMILES string of the molecule is Cn1cc(C(=O)NCCC(=N)N)cc1NC=O. The summed E-state index contributed by atoms with van der Waals surface area (Å²) in [6, 6.07) is 1.57. The molecular weight excluding hydrogens is 222 g/mol. The van der Waals surface area contributed by atoms with Gasteiger partial charge in [-0.25, -0.2) is 0 Å². The van der Waals surface area contributed by atoms with Gasteiger partial charge in [-0.1, -0.05) is 0 Å². The second-order valence-electron chi connectivity index (χ2n) is 3.52.